The minimum atomic E-state index is -4.42. The van der Waals surface area contributed by atoms with Crippen molar-refractivity contribution in [1.29, 1.82) is 0 Å². The number of alkyl halides is 3. The molecule has 1 N–H and O–H groups in total. The Balaban J connectivity index is 1.38. The third-order valence-corrected chi connectivity index (χ3v) is 5.72. The van der Waals surface area contributed by atoms with Gasteiger partial charge in [-0.3, -0.25) is 9.48 Å². The molecule has 0 aliphatic rings. The quantitative estimate of drug-likeness (QED) is 0.290. The average Bonchev–Trinajstić information content (AvgIpc) is 3.39. The summed E-state index contributed by atoms with van der Waals surface area (Å²) < 4.78 is 48.3. The summed E-state index contributed by atoms with van der Waals surface area (Å²) in [5.41, 5.74) is 0.521. The molecule has 0 spiro atoms. The number of anilines is 1. The van der Waals surface area contributed by atoms with Crippen molar-refractivity contribution in [3.05, 3.63) is 92.8 Å². The van der Waals surface area contributed by atoms with Crippen molar-refractivity contribution in [1.82, 2.24) is 19.6 Å². The summed E-state index contributed by atoms with van der Waals surface area (Å²) in [4.78, 5) is 12.6. The summed E-state index contributed by atoms with van der Waals surface area (Å²) in [6.07, 6.45) is -2.84. The molecule has 12 heteroatoms. The van der Waals surface area contributed by atoms with E-state index in [4.69, 9.17) is 16.3 Å². The number of halogens is 5. The molecular formula is C23H18BrClF3N5O2. The smallest absolute Gasteiger partial charge is 0.416 e. The van der Waals surface area contributed by atoms with E-state index < -0.39 is 17.6 Å². The minimum absolute atomic E-state index is 0.0410. The Labute approximate surface area is 211 Å². The van der Waals surface area contributed by atoms with Crippen LogP contribution < -0.4 is 10.1 Å². The van der Waals surface area contributed by atoms with Gasteiger partial charge in [0.15, 0.2) is 18.2 Å². The van der Waals surface area contributed by atoms with Gasteiger partial charge in [-0.15, -0.1) is 0 Å². The van der Waals surface area contributed by atoms with E-state index in [1.165, 1.54) is 21.5 Å². The number of aromatic nitrogens is 4. The van der Waals surface area contributed by atoms with Crippen LogP contribution in [0.3, 0.4) is 0 Å². The zero-order chi connectivity index (χ0) is 25.2. The Morgan fingerprint density at radius 1 is 1.14 bits per heavy atom. The van der Waals surface area contributed by atoms with E-state index in [1.54, 1.807) is 43.5 Å². The van der Waals surface area contributed by atoms with Gasteiger partial charge in [0.2, 0.25) is 0 Å². The second-order valence-corrected chi connectivity index (χ2v) is 8.89. The molecule has 0 aliphatic carbocycles. The highest BCUT2D eigenvalue weighted by Crippen LogP contribution is 2.30. The van der Waals surface area contributed by atoms with Crippen molar-refractivity contribution in [2.75, 3.05) is 5.32 Å². The van der Waals surface area contributed by atoms with Gasteiger partial charge in [-0.1, -0.05) is 39.7 Å². The molecule has 0 unspecified atom stereocenters. The number of carbonyl (C=O) groups excluding carboxylic acids is 1. The lowest BCUT2D eigenvalue weighted by Crippen LogP contribution is -2.15. The van der Waals surface area contributed by atoms with Crippen molar-refractivity contribution in [2.45, 2.75) is 26.4 Å². The van der Waals surface area contributed by atoms with Crippen molar-refractivity contribution in [3.8, 4) is 5.75 Å². The molecule has 7 nitrogen and oxygen atoms in total. The monoisotopic (exact) mass is 567 g/mol. The highest BCUT2D eigenvalue weighted by Gasteiger charge is 2.30. The molecule has 0 saturated carbocycles. The van der Waals surface area contributed by atoms with Crippen molar-refractivity contribution < 1.29 is 22.7 Å². The van der Waals surface area contributed by atoms with E-state index in [9.17, 15) is 18.0 Å². The van der Waals surface area contributed by atoms with Gasteiger partial charge in [-0.25, -0.2) is 4.68 Å². The fourth-order valence-electron chi connectivity index (χ4n) is 3.21. The topological polar surface area (TPSA) is 74.0 Å². The molecule has 35 heavy (non-hydrogen) atoms. The first kappa shape index (κ1) is 24.8. The molecule has 0 saturated heterocycles. The van der Waals surface area contributed by atoms with Crippen LogP contribution in [0.1, 0.15) is 27.3 Å². The standard InChI is InChI=1S/C23H18BrClF3N5O2/c1-14-9-21(31-33(14)12-15-3-2-4-16(10-15)23(26,27)28)29-22(34)19-7-8-32(30-19)13-35-20-6-5-17(24)11-18(20)25/h2-11H,12-13H2,1H3,(H,29,31,34). The van der Waals surface area contributed by atoms with Crippen LogP contribution in [0.25, 0.3) is 0 Å². The Bertz CT molecular complexity index is 1370. The van der Waals surface area contributed by atoms with Gasteiger partial charge >= 0.3 is 6.18 Å². The maximum absolute atomic E-state index is 13.0. The predicted molar refractivity (Wildman–Crippen MR) is 127 cm³/mol. The third-order valence-electron chi connectivity index (χ3n) is 4.93. The summed E-state index contributed by atoms with van der Waals surface area (Å²) in [5, 5.41) is 11.6. The number of carbonyl (C=O) groups is 1. The number of aryl methyl sites for hydroxylation is 1. The number of hydrogen-bond acceptors (Lipinski definition) is 4. The van der Waals surface area contributed by atoms with Gasteiger partial charge in [-0.2, -0.15) is 23.4 Å². The second kappa shape index (κ2) is 10.1. The summed E-state index contributed by atoms with van der Waals surface area (Å²) in [6, 6.07) is 13.4. The van der Waals surface area contributed by atoms with Crippen molar-refractivity contribution in [3.63, 3.8) is 0 Å². The number of rotatable bonds is 7. The summed E-state index contributed by atoms with van der Waals surface area (Å²) in [5.74, 6) is 0.235. The normalized spacial score (nSPS) is 11.5. The van der Waals surface area contributed by atoms with Crippen LogP contribution in [0.15, 0.2) is 65.3 Å². The number of hydrogen-bond donors (Lipinski definition) is 1. The zero-order valence-electron chi connectivity index (χ0n) is 18.2. The molecule has 2 aromatic carbocycles. The lowest BCUT2D eigenvalue weighted by molar-refractivity contribution is -0.137. The Morgan fingerprint density at radius 2 is 1.94 bits per heavy atom. The number of ether oxygens (including phenoxy) is 1. The molecule has 2 aromatic heterocycles. The van der Waals surface area contributed by atoms with Crippen LogP contribution in [-0.2, 0) is 19.5 Å². The summed E-state index contributed by atoms with van der Waals surface area (Å²) in [7, 11) is 0. The van der Waals surface area contributed by atoms with Gasteiger partial charge in [0.1, 0.15) is 5.75 Å². The number of amides is 1. The molecule has 0 atom stereocenters. The Morgan fingerprint density at radius 3 is 2.69 bits per heavy atom. The predicted octanol–water partition coefficient (Wildman–Crippen LogP) is 6.16. The maximum atomic E-state index is 13.0. The molecule has 182 valence electrons. The molecule has 4 aromatic rings. The van der Waals surface area contributed by atoms with Gasteiger partial charge in [0, 0.05) is 22.4 Å². The first-order chi connectivity index (χ1) is 16.6. The molecular weight excluding hydrogens is 551 g/mol. The van der Waals surface area contributed by atoms with Crippen LogP contribution in [0.5, 0.6) is 5.75 Å². The lowest BCUT2D eigenvalue weighted by Gasteiger charge is -2.09. The van der Waals surface area contributed by atoms with Gasteiger partial charge < -0.3 is 10.1 Å². The Kier molecular flexibility index (Phi) is 7.18. The SMILES string of the molecule is Cc1cc(NC(=O)c2ccn(COc3ccc(Br)cc3Cl)n2)nn1Cc1cccc(C(F)(F)F)c1. The minimum Gasteiger partial charge on any atom is -0.470 e. The highest BCUT2D eigenvalue weighted by molar-refractivity contribution is 9.10. The van der Waals surface area contributed by atoms with E-state index in [0.29, 0.717) is 22.0 Å². The van der Waals surface area contributed by atoms with Gasteiger partial charge in [0.25, 0.3) is 5.91 Å². The number of benzene rings is 2. The molecule has 0 fully saturated rings. The molecule has 0 bridgehead atoms. The van der Waals surface area contributed by atoms with Crippen molar-refractivity contribution >= 4 is 39.3 Å². The van der Waals surface area contributed by atoms with Gasteiger partial charge in [-0.05, 0) is 48.9 Å². The van der Waals surface area contributed by atoms with Crippen LogP contribution >= 0.6 is 27.5 Å². The van der Waals surface area contributed by atoms with Crippen molar-refractivity contribution in [2.24, 2.45) is 0 Å². The lowest BCUT2D eigenvalue weighted by atomic mass is 10.1. The Hall–Kier alpha value is -3.31. The molecule has 0 radical (unpaired) electrons. The first-order valence-corrected chi connectivity index (χ1v) is 11.4. The zero-order valence-corrected chi connectivity index (χ0v) is 20.5. The van der Waals surface area contributed by atoms with Crippen LogP contribution in [-0.4, -0.2) is 25.5 Å². The van der Waals surface area contributed by atoms with E-state index >= 15 is 0 Å². The summed E-state index contributed by atoms with van der Waals surface area (Å²) in [6.45, 7) is 1.91. The van der Waals surface area contributed by atoms with Crippen LogP contribution in [0, 0.1) is 6.92 Å². The average molecular weight is 569 g/mol. The van der Waals surface area contributed by atoms with Crippen LogP contribution in [0.2, 0.25) is 5.02 Å². The molecule has 4 rings (SSSR count). The number of nitrogens with zero attached hydrogens (tertiary/aromatic N) is 4. The van der Waals surface area contributed by atoms with Crippen LogP contribution in [0.4, 0.5) is 19.0 Å². The van der Waals surface area contributed by atoms with E-state index in [1.807, 2.05) is 0 Å². The fourth-order valence-corrected chi connectivity index (χ4v) is 3.94. The largest absolute Gasteiger partial charge is 0.470 e. The first-order valence-electron chi connectivity index (χ1n) is 10.2. The van der Waals surface area contributed by atoms with E-state index in [0.717, 1.165) is 16.6 Å². The number of nitrogens with one attached hydrogen (secondary N) is 1. The summed E-state index contributed by atoms with van der Waals surface area (Å²) >= 11 is 9.45. The maximum Gasteiger partial charge on any atom is 0.416 e. The second-order valence-electron chi connectivity index (χ2n) is 7.57. The molecule has 0 aliphatic heterocycles. The highest BCUT2D eigenvalue weighted by atomic mass is 79.9. The van der Waals surface area contributed by atoms with E-state index in [2.05, 4.69) is 31.4 Å². The fraction of sp³-hybridized carbons (Fsp3) is 0.174. The van der Waals surface area contributed by atoms with E-state index in [-0.39, 0.29) is 24.8 Å². The molecule has 2 heterocycles. The third kappa shape index (κ3) is 6.23. The van der Waals surface area contributed by atoms with Gasteiger partial charge in [0.05, 0.1) is 17.1 Å². The molecule has 1 amide bonds.